The molecule has 0 saturated carbocycles. The highest BCUT2D eigenvalue weighted by atomic mass is 32.2. The van der Waals surface area contributed by atoms with Crippen LogP contribution in [0.3, 0.4) is 0 Å². The van der Waals surface area contributed by atoms with Crippen molar-refractivity contribution < 1.29 is 49.0 Å². The zero-order valence-electron chi connectivity index (χ0n) is 24.2. The molecule has 0 bridgehead atoms. The Bertz CT molecular complexity index is 1640. The van der Waals surface area contributed by atoms with E-state index in [1.165, 1.54) is 54.4 Å². The molecular formula is C30H28F6N4O5S. The number of ether oxygens (including phenoxy) is 2. The number of rotatable bonds is 11. The summed E-state index contributed by atoms with van der Waals surface area (Å²) in [6.07, 6.45) is -9.04. The van der Waals surface area contributed by atoms with Crippen molar-refractivity contribution in [2.24, 2.45) is 0 Å². The first-order valence-corrected chi connectivity index (χ1v) is 15.5. The van der Waals surface area contributed by atoms with Gasteiger partial charge in [0.15, 0.2) is 9.84 Å². The van der Waals surface area contributed by atoms with Crippen molar-refractivity contribution in [1.29, 1.82) is 5.26 Å². The second kappa shape index (κ2) is 14.0. The molecule has 2 aromatic carbocycles. The molecule has 1 aromatic heterocycles. The number of carbonyl (C=O) groups is 1. The zero-order chi connectivity index (χ0) is 33.7. The summed E-state index contributed by atoms with van der Waals surface area (Å²) in [5, 5.41) is 12.0. The van der Waals surface area contributed by atoms with Gasteiger partial charge >= 0.3 is 12.5 Å². The molecule has 16 heteroatoms. The topological polar surface area (TPSA) is 122 Å². The number of alkyl halides is 6. The number of anilines is 1. The van der Waals surface area contributed by atoms with E-state index in [4.69, 9.17) is 4.74 Å². The molecule has 1 aliphatic heterocycles. The van der Waals surface area contributed by atoms with Crippen LogP contribution in [0.4, 0.5) is 32.2 Å². The number of pyridine rings is 1. The summed E-state index contributed by atoms with van der Waals surface area (Å²) < 4.78 is 111. The second-order valence-corrected chi connectivity index (χ2v) is 12.6. The van der Waals surface area contributed by atoms with Crippen LogP contribution in [0.1, 0.15) is 47.3 Å². The summed E-state index contributed by atoms with van der Waals surface area (Å²) in [4.78, 5) is 18.9. The van der Waals surface area contributed by atoms with E-state index in [0.717, 1.165) is 24.3 Å². The van der Waals surface area contributed by atoms with Gasteiger partial charge in [0.1, 0.15) is 17.7 Å². The van der Waals surface area contributed by atoms with Gasteiger partial charge in [-0.15, -0.1) is 13.2 Å². The van der Waals surface area contributed by atoms with E-state index in [-0.39, 0.29) is 47.2 Å². The summed E-state index contributed by atoms with van der Waals surface area (Å²) in [5.41, 5.74) is -0.299. The summed E-state index contributed by atoms with van der Waals surface area (Å²) in [7, 11) is -3.44. The lowest BCUT2D eigenvalue weighted by Crippen LogP contribution is -2.36. The first-order valence-electron chi connectivity index (χ1n) is 13.9. The molecule has 2 heterocycles. The highest BCUT2D eigenvalue weighted by Crippen LogP contribution is 2.33. The second-order valence-electron chi connectivity index (χ2n) is 10.3. The van der Waals surface area contributed by atoms with E-state index >= 15 is 0 Å². The van der Waals surface area contributed by atoms with Crippen LogP contribution in [0.2, 0.25) is 0 Å². The Balaban J connectivity index is 1.47. The van der Waals surface area contributed by atoms with Gasteiger partial charge in [-0.2, -0.15) is 18.4 Å². The Morgan fingerprint density at radius 3 is 2.28 bits per heavy atom. The van der Waals surface area contributed by atoms with Crippen molar-refractivity contribution in [3.8, 4) is 11.8 Å². The molecule has 4 rings (SSSR count). The lowest BCUT2D eigenvalue weighted by molar-refractivity contribution is -0.325. The van der Waals surface area contributed by atoms with E-state index in [1.807, 2.05) is 6.07 Å². The SMILES string of the molecule is CCS(=O)(=O)c1ccc([C@H](CC#N)NC(=O)c2ccc(N3C[C@@H](Oc4ccc(C(F)(F)F)cc4)C[C@H]3COC(F)(F)F)nc2)cc1. The van der Waals surface area contributed by atoms with Crippen LogP contribution in [0.5, 0.6) is 5.75 Å². The number of nitrogens with one attached hydrogen (secondary N) is 1. The van der Waals surface area contributed by atoms with E-state index in [0.29, 0.717) is 5.56 Å². The summed E-state index contributed by atoms with van der Waals surface area (Å²) >= 11 is 0. The molecule has 3 aromatic rings. The van der Waals surface area contributed by atoms with Gasteiger partial charge in [-0.3, -0.25) is 9.53 Å². The predicted molar refractivity (Wildman–Crippen MR) is 152 cm³/mol. The van der Waals surface area contributed by atoms with Crippen molar-refractivity contribution >= 4 is 21.6 Å². The minimum absolute atomic E-state index is 0.0272. The third-order valence-electron chi connectivity index (χ3n) is 7.23. The van der Waals surface area contributed by atoms with Crippen molar-refractivity contribution in [3.63, 3.8) is 0 Å². The standard InChI is InChI=1S/C30H28F6N4O5S/c1-2-46(42,43)25-10-3-19(4-11-25)26(13-14-37)39-28(41)20-5-12-27(38-16-20)40-17-24(15-22(40)18-44-30(34,35)36)45-23-8-6-21(7-9-23)29(31,32)33/h3-12,16,22,24,26H,2,13,15,17-18H2,1H3,(H,39,41)/t22-,24-,26-/m0/s1. The maximum absolute atomic E-state index is 13.0. The molecule has 0 unspecified atom stereocenters. The number of halogens is 6. The molecule has 246 valence electrons. The molecule has 3 atom stereocenters. The molecule has 1 fully saturated rings. The van der Waals surface area contributed by atoms with E-state index in [1.54, 1.807) is 0 Å². The lowest BCUT2D eigenvalue weighted by atomic mass is 10.0. The van der Waals surface area contributed by atoms with Crippen LogP contribution in [0, 0.1) is 11.3 Å². The fourth-order valence-electron chi connectivity index (χ4n) is 4.85. The number of nitrogens with zero attached hydrogens (tertiary/aromatic N) is 3. The van der Waals surface area contributed by atoms with Crippen LogP contribution in [-0.4, -0.2) is 56.7 Å². The molecule has 0 aliphatic carbocycles. The highest BCUT2D eigenvalue weighted by Gasteiger charge is 2.39. The number of aromatic nitrogens is 1. The molecule has 1 aliphatic rings. The third-order valence-corrected chi connectivity index (χ3v) is 8.98. The van der Waals surface area contributed by atoms with E-state index < -0.39 is 58.6 Å². The van der Waals surface area contributed by atoms with Gasteiger partial charge in [-0.25, -0.2) is 13.4 Å². The maximum Gasteiger partial charge on any atom is 0.522 e. The first kappa shape index (κ1) is 34.5. The molecule has 1 saturated heterocycles. The smallest absolute Gasteiger partial charge is 0.489 e. The number of benzene rings is 2. The quantitative estimate of drug-likeness (QED) is 0.253. The van der Waals surface area contributed by atoms with Gasteiger partial charge in [0.05, 0.1) is 59.5 Å². The van der Waals surface area contributed by atoms with Crippen LogP contribution in [-0.2, 0) is 20.8 Å². The normalized spacial score (nSPS) is 17.7. The van der Waals surface area contributed by atoms with Gasteiger partial charge in [0.2, 0.25) is 0 Å². The predicted octanol–water partition coefficient (Wildman–Crippen LogP) is 5.84. The zero-order valence-corrected chi connectivity index (χ0v) is 25.0. The highest BCUT2D eigenvalue weighted by molar-refractivity contribution is 7.91. The largest absolute Gasteiger partial charge is 0.522 e. The molecular weight excluding hydrogens is 642 g/mol. The first-order chi connectivity index (χ1) is 21.6. The number of nitriles is 1. The summed E-state index contributed by atoms with van der Waals surface area (Å²) in [5.74, 6) is -0.393. The van der Waals surface area contributed by atoms with Crippen molar-refractivity contribution in [2.45, 2.75) is 55.4 Å². The third kappa shape index (κ3) is 8.88. The number of sulfone groups is 1. The Kier molecular flexibility index (Phi) is 10.5. The number of carbonyl (C=O) groups excluding carboxylic acids is 1. The molecule has 0 radical (unpaired) electrons. The number of amides is 1. The van der Waals surface area contributed by atoms with Crippen molar-refractivity contribution in [3.05, 3.63) is 83.6 Å². The van der Waals surface area contributed by atoms with Crippen LogP contribution in [0.15, 0.2) is 71.8 Å². The number of hydrogen-bond donors (Lipinski definition) is 1. The van der Waals surface area contributed by atoms with Gasteiger partial charge in [-0.1, -0.05) is 19.1 Å². The van der Waals surface area contributed by atoms with E-state index in [9.17, 15) is 44.8 Å². The van der Waals surface area contributed by atoms with Gasteiger partial charge < -0.3 is 15.0 Å². The molecule has 1 amide bonds. The van der Waals surface area contributed by atoms with E-state index in [2.05, 4.69) is 15.0 Å². The Morgan fingerprint density at radius 2 is 1.74 bits per heavy atom. The average molecular weight is 671 g/mol. The van der Waals surface area contributed by atoms with Gasteiger partial charge in [-0.05, 0) is 54.1 Å². The van der Waals surface area contributed by atoms with Crippen molar-refractivity contribution in [2.75, 3.05) is 23.8 Å². The monoisotopic (exact) mass is 670 g/mol. The lowest BCUT2D eigenvalue weighted by Gasteiger charge is -2.25. The van der Waals surface area contributed by atoms with Gasteiger partial charge in [0.25, 0.3) is 5.91 Å². The Morgan fingerprint density at radius 1 is 1.07 bits per heavy atom. The molecule has 0 spiro atoms. The summed E-state index contributed by atoms with van der Waals surface area (Å²) in [6, 6.07) is 12.9. The fraction of sp³-hybridized carbons (Fsp3) is 0.367. The molecule has 1 N–H and O–H groups in total. The summed E-state index contributed by atoms with van der Waals surface area (Å²) in [6.45, 7) is 0.769. The fourth-order valence-corrected chi connectivity index (χ4v) is 5.74. The van der Waals surface area contributed by atoms with Crippen LogP contribution in [0.25, 0.3) is 0 Å². The van der Waals surface area contributed by atoms with Gasteiger partial charge in [0, 0.05) is 12.6 Å². The Labute approximate surface area is 260 Å². The Hall–Kier alpha value is -4.36. The minimum Gasteiger partial charge on any atom is -0.489 e. The van der Waals surface area contributed by atoms with Crippen LogP contribution < -0.4 is 15.0 Å². The number of hydrogen-bond acceptors (Lipinski definition) is 8. The van der Waals surface area contributed by atoms with Crippen LogP contribution >= 0.6 is 0 Å². The maximum atomic E-state index is 13.0. The van der Waals surface area contributed by atoms with Crippen molar-refractivity contribution in [1.82, 2.24) is 10.3 Å². The minimum atomic E-state index is -4.90. The molecule has 46 heavy (non-hydrogen) atoms. The average Bonchev–Trinajstić information content (AvgIpc) is 3.42. The molecule has 9 nitrogen and oxygen atoms in total.